The van der Waals surface area contributed by atoms with Crippen molar-refractivity contribution in [3.8, 4) is 6.01 Å². The van der Waals surface area contributed by atoms with Gasteiger partial charge in [0, 0.05) is 74.5 Å². The number of rotatable bonds is 8. The summed E-state index contributed by atoms with van der Waals surface area (Å²) in [4.78, 5) is 31.1. The second-order valence-electron chi connectivity index (χ2n) is 10.7. The van der Waals surface area contributed by atoms with Crippen LogP contribution in [0.2, 0.25) is 0 Å². The summed E-state index contributed by atoms with van der Waals surface area (Å²) in [6.07, 6.45) is 6.22. The van der Waals surface area contributed by atoms with Crippen molar-refractivity contribution in [1.29, 1.82) is 0 Å². The Labute approximate surface area is 231 Å². The molecule has 2 aliphatic heterocycles. The van der Waals surface area contributed by atoms with Crippen molar-refractivity contribution in [2.45, 2.75) is 50.2 Å². The van der Waals surface area contributed by atoms with E-state index in [2.05, 4.69) is 20.2 Å². The van der Waals surface area contributed by atoms with Gasteiger partial charge in [-0.2, -0.15) is 0 Å². The van der Waals surface area contributed by atoms with Gasteiger partial charge < -0.3 is 19.7 Å². The number of fused-ring (bicyclic) bond motifs is 1. The third-order valence-electron chi connectivity index (χ3n) is 8.08. The van der Waals surface area contributed by atoms with Crippen LogP contribution in [0, 0.1) is 0 Å². The maximum absolute atomic E-state index is 13.9. The number of aromatic nitrogens is 3. The van der Waals surface area contributed by atoms with Gasteiger partial charge in [0.15, 0.2) is 0 Å². The first-order valence-corrected chi connectivity index (χ1v) is 14.1. The molecule has 6 rings (SSSR count). The molecule has 0 spiro atoms. The summed E-state index contributed by atoms with van der Waals surface area (Å²) in [7, 11) is 0. The number of hydrogen-bond acceptors (Lipinski definition) is 8. The minimum absolute atomic E-state index is 0.158. The van der Waals surface area contributed by atoms with Gasteiger partial charge in [-0.25, -0.2) is 23.7 Å². The molecule has 1 saturated carbocycles. The van der Waals surface area contributed by atoms with E-state index >= 15 is 0 Å². The van der Waals surface area contributed by atoms with Crippen molar-refractivity contribution < 1.29 is 23.0 Å². The van der Waals surface area contributed by atoms with E-state index in [0.29, 0.717) is 24.8 Å². The summed E-state index contributed by atoms with van der Waals surface area (Å²) in [6.45, 7) is 3.55. The summed E-state index contributed by atoms with van der Waals surface area (Å²) >= 11 is 0. The molecule has 0 radical (unpaired) electrons. The van der Waals surface area contributed by atoms with Crippen molar-refractivity contribution >= 4 is 22.6 Å². The fourth-order valence-electron chi connectivity index (χ4n) is 5.41. The fraction of sp³-hybridized carbons (Fsp3) is 0.517. The lowest BCUT2D eigenvalue weighted by molar-refractivity contribution is -0.0632. The number of carbonyl (C=O) groups excluding carboxylic acids is 1. The Bertz CT molecular complexity index is 1320. The molecule has 2 saturated heterocycles. The Morgan fingerprint density at radius 1 is 1.07 bits per heavy atom. The lowest BCUT2D eigenvalue weighted by Crippen LogP contribution is -2.45. The van der Waals surface area contributed by atoms with Gasteiger partial charge in [-0.1, -0.05) is 6.07 Å². The van der Waals surface area contributed by atoms with Crippen LogP contribution in [0.4, 0.5) is 14.6 Å². The molecule has 1 aromatic carbocycles. The van der Waals surface area contributed by atoms with E-state index in [1.165, 1.54) is 0 Å². The Hall–Kier alpha value is -3.44. The molecule has 4 heterocycles. The Morgan fingerprint density at radius 2 is 1.82 bits per heavy atom. The lowest BCUT2D eigenvalue weighted by Gasteiger charge is -2.37. The highest BCUT2D eigenvalue weighted by atomic mass is 19.3. The van der Waals surface area contributed by atoms with E-state index in [1.807, 2.05) is 29.2 Å². The van der Waals surface area contributed by atoms with Gasteiger partial charge >= 0.3 is 6.01 Å². The molecule has 9 nitrogen and oxygen atoms in total. The first-order chi connectivity index (χ1) is 19.4. The average molecular weight is 553 g/mol. The molecule has 40 heavy (non-hydrogen) atoms. The number of likely N-dealkylation sites (tertiary alicyclic amines) is 1. The number of nitrogens with one attached hydrogen (secondary N) is 1. The molecular weight excluding hydrogens is 518 g/mol. The predicted octanol–water partition coefficient (Wildman–Crippen LogP) is 3.99. The largest absolute Gasteiger partial charge is 0.460 e. The van der Waals surface area contributed by atoms with Gasteiger partial charge in [0.25, 0.3) is 11.8 Å². The number of benzene rings is 1. The molecule has 212 valence electrons. The number of amides is 1. The number of halogens is 2. The zero-order valence-electron chi connectivity index (χ0n) is 22.4. The molecule has 1 atom stereocenters. The number of ether oxygens (including phenoxy) is 2. The van der Waals surface area contributed by atoms with E-state index < -0.39 is 5.92 Å². The van der Waals surface area contributed by atoms with Crippen molar-refractivity contribution in [3.63, 3.8) is 0 Å². The zero-order valence-corrected chi connectivity index (χ0v) is 22.4. The minimum Gasteiger partial charge on any atom is -0.460 e. The van der Waals surface area contributed by atoms with E-state index in [4.69, 9.17) is 14.5 Å². The first kappa shape index (κ1) is 26.8. The van der Waals surface area contributed by atoms with E-state index in [-0.39, 0.29) is 50.5 Å². The zero-order chi connectivity index (χ0) is 27.5. The second-order valence-corrected chi connectivity index (χ2v) is 10.7. The normalized spacial score (nSPS) is 20.6. The van der Waals surface area contributed by atoms with E-state index in [9.17, 15) is 13.6 Å². The molecule has 0 bridgehead atoms. The maximum Gasteiger partial charge on any atom is 0.316 e. The minimum atomic E-state index is -2.67. The average Bonchev–Trinajstić information content (AvgIpc) is 2.96. The first-order valence-electron chi connectivity index (χ1n) is 14.1. The predicted molar refractivity (Wildman–Crippen MR) is 146 cm³/mol. The molecular formula is C29H34F2N6O3. The van der Waals surface area contributed by atoms with Gasteiger partial charge in [0.1, 0.15) is 11.9 Å². The molecule has 1 N–H and O–H groups in total. The van der Waals surface area contributed by atoms with Crippen LogP contribution >= 0.6 is 0 Å². The molecule has 1 unspecified atom stereocenters. The standard InChI is InChI=1S/C29H34F2N6O3/c30-29(31)9-11-36(12-10-29)25(20-17-33-28(34-18-20)40-21-3-1-4-21)19-32-27(38)23-5-2-6-24-22(23)7-8-26(35-24)37-13-15-39-16-14-37/h2,5-8,17-18,21,25H,1,3-4,9-16,19H2,(H,32,38). The lowest BCUT2D eigenvalue weighted by atomic mass is 9.96. The van der Waals surface area contributed by atoms with Gasteiger partial charge in [0.05, 0.1) is 24.8 Å². The van der Waals surface area contributed by atoms with Crippen LogP contribution in [0.15, 0.2) is 42.7 Å². The van der Waals surface area contributed by atoms with Crippen molar-refractivity contribution in [1.82, 2.24) is 25.2 Å². The van der Waals surface area contributed by atoms with Crippen molar-refractivity contribution in [2.75, 3.05) is 50.8 Å². The van der Waals surface area contributed by atoms with Crippen LogP contribution in [0.5, 0.6) is 6.01 Å². The van der Waals surface area contributed by atoms with Gasteiger partial charge in [-0.3, -0.25) is 9.69 Å². The number of pyridine rings is 1. The number of carbonyl (C=O) groups is 1. The molecule has 1 amide bonds. The number of alkyl halides is 2. The van der Waals surface area contributed by atoms with Gasteiger partial charge in [-0.05, 0) is 43.5 Å². The van der Waals surface area contributed by atoms with Crippen LogP contribution in [0.3, 0.4) is 0 Å². The van der Waals surface area contributed by atoms with Crippen LogP contribution in [0.25, 0.3) is 10.9 Å². The number of morpholine rings is 1. The van der Waals surface area contributed by atoms with Crippen LogP contribution in [0.1, 0.15) is 54.1 Å². The summed E-state index contributed by atoms with van der Waals surface area (Å²) in [5, 5.41) is 3.80. The van der Waals surface area contributed by atoms with Crippen molar-refractivity contribution in [3.05, 3.63) is 53.9 Å². The molecule has 2 aromatic heterocycles. The Kier molecular flexibility index (Phi) is 7.75. The van der Waals surface area contributed by atoms with Crippen molar-refractivity contribution in [2.24, 2.45) is 0 Å². The van der Waals surface area contributed by atoms with Gasteiger partial charge in [0.2, 0.25) is 0 Å². The van der Waals surface area contributed by atoms with E-state index in [0.717, 1.165) is 54.6 Å². The molecule has 3 aromatic rings. The summed E-state index contributed by atoms with van der Waals surface area (Å²) in [6, 6.07) is 9.34. The Balaban J connectivity index is 1.18. The highest BCUT2D eigenvalue weighted by molar-refractivity contribution is 6.06. The Morgan fingerprint density at radius 3 is 2.52 bits per heavy atom. The summed E-state index contributed by atoms with van der Waals surface area (Å²) < 4.78 is 39.1. The summed E-state index contributed by atoms with van der Waals surface area (Å²) in [5.74, 6) is -2.05. The highest BCUT2D eigenvalue weighted by Crippen LogP contribution is 2.32. The van der Waals surface area contributed by atoms with Crippen LogP contribution in [-0.4, -0.2) is 83.7 Å². The molecule has 11 heteroatoms. The highest BCUT2D eigenvalue weighted by Gasteiger charge is 2.37. The number of anilines is 1. The SMILES string of the molecule is O=C(NCC(c1cnc(OC2CCC2)nc1)N1CCC(F)(F)CC1)c1cccc2nc(N3CCOCC3)ccc12. The topological polar surface area (TPSA) is 92.7 Å². The van der Waals surface area contributed by atoms with Crippen LogP contribution < -0.4 is 15.0 Å². The number of piperidine rings is 1. The second kappa shape index (κ2) is 11.6. The summed E-state index contributed by atoms with van der Waals surface area (Å²) in [5.41, 5.74) is 2.01. The smallest absolute Gasteiger partial charge is 0.316 e. The molecule has 3 aliphatic rings. The third kappa shape index (κ3) is 6.00. The maximum atomic E-state index is 13.9. The van der Waals surface area contributed by atoms with Gasteiger partial charge in [-0.15, -0.1) is 0 Å². The molecule has 3 fully saturated rings. The molecule has 1 aliphatic carbocycles. The quantitative estimate of drug-likeness (QED) is 0.449. The van der Waals surface area contributed by atoms with E-state index in [1.54, 1.807) is 18.5 Å². The monoisotopic (exact) mass is 552 g/mol. The third-order valence-corrected chi connectivity index (χ3v) is 8.08. The number of hydrogen-bond donors (Lipinski definition) is 1. The van der Waals surface area contributed by atoms with Crippen LogP contribution in [-0.2, 0) is 4.74 Å². The number of nitrogens with zero attached hydrogens (tertiary/aromatic N) is 5. The fourth-order valence-corrected chi connectivity index (χ4v) is 5.41.